The number of para-hydroxylation sites is 1. The van der Waals surface area contributed by atoms with Crippen LogP contribution in [0.5, 0.6) is 5.75 Å². The Balaban J connectivity index is 1.43. The highest BCUT2D eigenvalue weighted by atomic mass is 16.5. The average molecular weight is 636 g/mol. The van der Waals surface area contributed by atoms with Gasteiger partial charge in [-0.2, -0.15) is 0 Å². The number of aromatic amines is 1. The van der Waals surface area contributed by atoms with Crippen LogP contribution in [0.25, 0.3) is 10.9 Å². The molecule has 0 spiro atoms. The van der Waals surface area contributed by atoms with E-state index in [0.29, 0.717) is 50.7 Å². The SMILES string of the molecule is COc1ccc(Cn2c(C(Cc3c[nH]c4ccccc34)NCC3(C=O)CNCCO3)nnc2C(Cc2ccccc2)NC(C)=O)cc1. The van der Waals surface area contributed by atoms with Crippen molar-refractivity contribution >= 4 is 23.1 Å². The molecule has 11 heteroatoms. The molecule has 1 saturated heterocycles. The minimum Gasteiger partial charge on any atom is -0.497 e. The van der Waals surface area contributed by atoms with Crippen LogP contribution in [0.4, 0.5) is 0 Å². The van der Waals surface area contributed by atoms with Gasteiger partial charge < -0.3 is 39.8 Å². The summed E-state index contributed by atoms with van der Waals surface area (Å²) in [4.78, 5) is 28.3. The highest BCUT2D eigenvalue weighted by molar-refractivity contribution is 5.83. The number of rotatable bonds is 14. The van der Waals surface area contributed by atoms with E-state index in [0.717, 1.165) is 39.6 Å². The largest absolute Gasteiger partial charge is 0.497 e. The summed E-state index contributed by atoms with van der Waals surface area (Å²) in [5, 5.41) is 20.7. The van der Waals surface area contributed by atoms with Gasteiger partial charge in [-0.05, 0) is 47.7 Å². The molecule has 0 saturated carbocycles. The van der Waals surface area contributed by atoms with Crippen LogP contribution in [0, 0.1) is 0 Å². The van der Waals surface area contributed by atoms with Crippen LogP contribution in [-0.4, -0.2) is 70.9 Å². The second-order valence-corrected chi connectivity index (χ2v) is 12.0. The van der Waals surface area contributed by atoms with Crippen molar-refractivity contribution in [2.24, 2.45) is 0 Å². The number of morpholine rings is 1. The number of nitrogens with one attached hydrogen (secondary N) is 4. The Labute approximate surface area is 274 Å². The number of methoxy groups -OCH3 is 1. The van der Waals surface area contributed by atoms with Crippen molar-refractivity contribution in [3.05, 3.63) is 113 Å². The predicted molar refractivity (Wildman–Crippen MR) is 179 cm³/mol. The Bertz CT molecular complexity index is 1780. The molecular formula is C36H41N7O4. The van der Waals surface area contributed by atoms with E-state index in [1.165, 1.54) is 6.92 Å². The molecule has 3 heterocycles. The van der Waals surface area contributed by atoms with Gasteiger partial charge in [-0.25, -0.2) is 0 Å². The zero-order chi connectivity index (χ0) is 32.6. The van der Waals surface area contributed by atoms with E-state index in [4.69, 9.17) is 19.7 Å². The number of carbonyl (C=O) groups is 2. The molecule has 11 nitrogen and oxygen atoms in total. The topological polar surface area (TPSA) is 135 Å². The van der Waals surface area contributed by atoms with E-state index in [1.807, 2.05) is 72.9 Å². The normalized spacial score (nSPS) is 17.7. The third kappa shape index (κ3) is 7.60. The quantitative estimate of drug-likeness (QED) is 0.136. The Morgan fingerprint density at radius 2 is 1.74 bits per heavy atom. The smallest absolute Gasteiger partial charge is 0.217 e. The summed E-state index contributed by atoms with van der Waals surface area (Å²) in [6, 6.07) is 25.3. The molecular weight excluding hydrogens is 594 g/mol. The van der Waals surface area contributed by atoms with Gasteiger partial charge in [0.1, 0.15) is 11.4 Å². The van der Waals surface area contributed by atoms with Crippen LogP contribution in [0.2, 0.25) is 0 Å². The molecule has 1 fully saturated rings. The summed E-state index contributed by atoms with van der Waals surface area (Å²) in [7, 11) is 1.64. The highest BCUT2D eigenvalue weighted by Gasteiger charge is 2.35. The Morgan fingerprint density at radius 1 is 1.00 bits per heavy atom. The van der Waals surface area contributed by atoms with E-state index in [-0.39, 0.29) is 18.5 Å². The molecule has 3 unspecified atom stereocenters. The number of hydrogen-bond donors (Lipinski definition) is 4. The van der Waals surface area contributed by atoms with Gasteiger partial charge in [0.25, 0.3) is 0 Å². The molecule has 47 heavy (non-hydrogen) atoms. The number of nitrogens with zero attached hydrogens (tertiary/aromatic N) is 3. The van der Waals surface area contributed by atoms with Crippen LogP contribution in [0.1, 0.15) is 47.3 Å². The van der Waals surface area contributed by atoms with Gasteiger partial charge in [0.2, 0.25) is 5.91 Å². The molecule has 0 aliphatic carbocycles. The first-order valence-corrected chi connectivity index (χ1v) is 15.9. The van der Waals surface area contributed by atoms with Crippen molar-refractivity contribution in [3.63, 3.8) is 0 Å². The van der Waals surface area contributed by atoms with Crippen molar-refractivity contribution in [1.82, 2.24) is 35.7 Å². The standard InChI is InChI=1S/C36H41N7O4/c1-25(45)40-33(18-26-8-4-3-5-9-26)35-42-41-34(43(35)21-27-12-14-29(46-2)15-13-27)32(39-23-36(24-44)22-37-16-17-47-36)19-28-20-38-31-11-7-6-10-30(28)31/h3-15,20,24,32-33,37-39H,16-19,21-23H2,1-2H3,(H,40,45). The number of fused-ring (bicyclic) bond motifs is 1. The molecule has 4 N–H and O–H groups in total. The number of benzene rings is 3. The molecule has 2 aromatic heterocycles. The molecule has 244 valence electrons. The molecule has 3 aromatic carbocycles. The van der Waals surface area contributed by atoms with Crippen LogP contribution in [0.15, 0.2) is 85.1 Å². The van der Waals surface area contributed by atoms with E-state index < -0.39 is 11.6 Å². The second-order valence-electron chi connectivity index (χ2n) is 12.0. The summed E-state index contributed by atoms with van der Waals surface area (Å²) in [6.45, 7) is 3.80. The lowest BCUT2D eigenvalue weighted by molar-refractivity contribution is -0.134. The number of H-pyrrole nitrogens is 1. The minimum absolute atomic E-state index is 0.158. The molecule has 5 aromatic rings. The van der Waals surface area contributed by atoms with Crippen molar-refractivity contribution in [2.75, 3.05) is 33.4 Å². The van der Waals surface area contributed by atoms with Gasteiger partial charge in [0.15, 0.2) is 17.9 Å². The zero-order valence-corrected chi connectivity index (χ0v) is 26.7. The number of aldehydes is 1. The van der Waals surface area contributed by atoms with Crippen molar-refractivity contribution in [1.29, 1.82) is 0 Å². The Kier molecular flexibility index (Phi) is 10.1. The lowest BCUT2D eigenvalue weighted by atomic mass is 10.0. The number of ether oxygens (including phenoxy) is 2. The molecule has 1 aliphatic rings. The molecule has 0 bridgehead atoms. The Morgan fingerprint density at radius 3 is 2.45 bits per heavy atom. The van der Waals surface area contributed by atoms with Gasteiger partial charge in [0, 0.05) is 43.7 Å². The van der Waals surface area contributed by atoms with Gasteiger partial charge in [-0.15, -0.1) is 10.2 Å². The minimum atomic E-state index is -1.01. The van der Waals surface area contributed by atoms with Gasteiger partial charge in [-0.3, -0.25) is 4.79 Å². The van der Waals surface area contributed by atoms with Crippen LogP contribution in [-0.2, 0) is 33.7 Å². The third-order valence-electron chi connectivity index (χ3n) is 8.65. The number of carbonyl (C=O) groups excluding carboxylic acids is 2. The number of hydrogen-bond acceptors (Lipinski definition) is 8. The first-order chi connectivity index (χ1) is 23.0. The lowest BCUT2D eigenvalue weighted by Gasteiger charge is -2.34. The molecule has 0 radical (unpaired) electrons. The summed E-state index contributed by atoms with van der Waals surface area (Å²) in [6.07, 6.45) is 4.01. The highest BCUT2D eigenvalue weighted by Crippen LogP contribution is 2.28. The zero-order valence-electron chi connectivity index (χ0n) is 26.7. The van der Waals surface area contributed by atoms with Crippen molar-refractivity contribution < 1.29 is 19.1 Å². The fourth-order valence-electron chi connectivity index (χ4n) is 6.20. The van der Waals surface area contributed by atoms with Crippen molar-refractivity contribution in [2.45, 2.75) is 44.0 Å². The van der Waals surface area contributed by atoms with Gasteiger partial charge in [0.05, 0.1) is 32.3 Å². The van der Waals surface area contributed by atoms with E-state index in [2.05, 4.69) is 37.6 Å². The van der Waals surface area contributed by atoms with E-state index >= 15 is 0 Å². The maximum absolute atomic E-state index is 12.5. The average Bonchev–Trinajstić information content (AvgIpc) is 3.71. The summed E-state index contributed by atoms with van der Waals surface area (Å²) >= 11 is 0. The molecule has 1 amide bonds. The second kappa shape index (κ2) is 14.7. The van der Waals surface area contributed by atoms with E-state index in [9.17, 15) is 9.59 Å². The van der Waals surface area contributed by atoms with Crippen molar-refractivity contribution in [3.8, 4) is 5.75 Å². The first-order valence-electron chi connectivity index (χ1n) is 15.9. The fourth-order valence-corrected chi connectivity index (χ4v) is 6.20. The van der Waals surface area contributed by atoms with Crippen LogP contribution in [0.3, 0.4) is 0 Å². The van der Waals surface area contributed by atoms with Crippen LogP contribution < -0.4 is 20.7 Å². The maximum atomic E-state index is 12.5. The van der Waals surface area contributed by atoms with E-state index in [1.54, 1.807) is 7.11 Å². The van der Waals surface area contributed by atoms with Gasteiger partial charge >= 0.3 is 0 Å². The third-order valence-corrected chi connectivity index (χ3v) is 8.65. The summed E-state index contributed by atoms with van der Waals surface area (Å²) in [5.74, 6) is 1.93. The van der Waals surface area contributed by atoms with Gasteiger partial charge in [-0.1, -0.05) is 60.7 Å². The molecule has 6 rings (SSSR count). The van der Waals surface area contributed by atoms with Crippen LogP contribution >= 0.6 is 0 Å². The number of aromatic nitrogens is 4. The monoisotopic (exact) mass is 635 g/mol. The first kappa shape index (κ1) is 32.1. The fraction of sp³-hybridized carbons (Fsp3) is 0.333. The predicted octanol–water partition coefficient (Wildman–Crippen LogP) is 3.67. The number of amides is 1. The summed E-state index contributed by atoms with van der Waals surface area (Å²) < 4.78 is 13.5. The molecule has 3 atom stereocenters. The molecule has 1 aliphatic heterocycles. The maximum Gasteiger partial charge on any atom is 0.217 e. The Hall–Kier alpha value is -4.84. The summed E-state index contributed by atoms with van der Waals surface area (Å²) in [5.41, 5.74) is 3.22. The lowest BCUT2D eigenvalue weighted by Crippen LogP contribution is -2.57.